The van der Waals surface area contributed by atoms with Gasteiger partial charge >= 0.3 is 0 Å². The van der Waals surface area contributed by atoms with Crippen molar-refractivity contribution in [2.45, 2.75) is 25.8 Å². The Morgan fingerprint density at radius 2 is 2.05 bits per heavy atom. The third-order valence-electron chi connectivity index (χ3n) is 3.38. The first-order chi connectivity index (χ1) is 9.15. The van der Waals surface area contributed by atoms with Gasteiger partial charge in [0.2, 0.25) is 0 Å². The van der Waals surface area contributed by atoms with E-state index in [9.17, 15) is 10.1 Å². The summed E-state index contributed by atoms with van der Waals surface area (Å²) in [7, 11) is 0. The van der Waals surface area contributed by atoms with Crippen molar-refractivity contribution in [3.05, 3.63) is 39.9 Å². The molecule has 0 aromatic heterocycles. The molecule has 0 unspecified atom stereocenters. The van der Waals surface area contributed by atoms with Crippen LogP contribution in [0.15, 0.2) is 29.3 Å². The van der Waals surface area contributed by atoms with Crippen molar-refractivity contribution in [2.75, 3.05) is 6.54 Å². The van der Waals surface area contributed by atoms with Gasteiger partial charge in [0.25, 0.3) is 5.69 Å². The maximum absolute atomic E-state index is 10.5. The standard InChI is InChI=1S/C13H18N4O2.HI/c14-13(15-8-10-2-1-3-10)16-9-11-4-6-12(7-5-11)17(18)19;/h4-7,10H,1-3,8-9H2,(H3,14,15,16);1H. The molecule has 1 aliphatic carbocycles. The molecule has 3 N–H and O–H groups in total. The number of benzene rings is 1. The molecule has 1 aromatic carbocycles. The van der Waals surface area contributed by atoms with Crippen molar-refractivity contribution >= 4 is 35.6 Å². The third kappa shape index (κ3) is 4.95. The van der Waals surface area contributed by atoms with Gasteiger partial charge in [-0.3, -0.25) is 10.1 Å². The van der Waals surface area contributed by atoms with E-state index in [-0.39, 0.29) is 29.7 Å². The van der Waals surface area contributed by atoms with Crippen LogP contribution in [0.4, 0.5) is 5.69 Å². The number of rotatable bonds is 5. The minimum absolute atomic E-state index is 0. The highest BCUT2D eigenvalue weighted by Gasteiger charge is 2.16. The normalized spacial score (nSPS) is 15.1. The van der Waals surface area contributed by atoms with E-state index >= 15 is 0 Å². The predicted molar refractivity (Wildman–Crippen MR) is 89.2 cm³/mol. The number of non-ortho nitro benzene ring substituents is 1. The van der Waals surface area contributed by atoms with Crippen LogP contribution in [0.2, 0.25) is 0 Å². The van der Waals surface area contributed by atoms with E-state index in [0.717, 1.165) is 18.0 Å². The monoisotopic (exact) mass is 390 g/mol. The molecule has 7 heteroatoms. The van der Waals surface area contributed by atoms with Crippen LogP contribution in [0, 0.1) is 16.0 Å². The highest BCUT2D eigenvalue weighted by Crippen LogP contribution is 2.24. The van der Waals surface area contributed by atoms with Gasteiger partial charge in [-0.25, -0.2) is 4.99 Å². The van der Waals surface area contributed by atoms with Gasteiger partial charge in [0, 0.05) is 18.7 Å². The fraction of sp³-hybridized carbons (Fsp3) is 0.462. The number of nitro groups is 1. The Morgan fingerprint density at radius 1 is 1.40 bits per heavy atom. The summed E-state index contributed by atoms with van der Waals surface area (Å²) < 4.78 is 0. The van der Waals surface area contributed by atoms with Crippen LogP contribution in [0.1, 0.15) is 24.8 Å². The lowest BCUT2D eigenvalue weighted by atomic mass is 9.85. The van der Waals surface area contributed by atoms with Crippen molar-refractivity contribution in [2.24, 2.45) is 16.6 Å². The van der Waals surface area contributed by atoms with Gasteiger partial charge in [-0.05, 0) is 24.3 Å². The number of aliphatic imine (C=N–C) groups is 1. The molecule has 0 spiro atoms. The predicted octanol–water partition coefficient (Wildman–Crippen LogP) is 2.42. The Bertz CT molecular complexity index is 472. The highest BCUT2D eigenvalue weighted by atomic mass is 127. The number of hydrogen-bond donors (Lipinski definition) is 2. The molecule has 1 aliphatic rings. The fourth-order valence-electron chi connectivity index (χ4n) is 1.90. The minimum atomic E-state index is -0.415. The summed E-state index contributed by atoms with van der Waals surface area (Å²) in [4.78, 5) is 14.3. The Kier molecular flexibility index (Phi) is 6.69. The van der Waals surface area contributed by atoms with Crippen molar-refractivity contribution in [1.29, 1.82) is 0 Å². The number of halogens is 1. The summed E-state index contributed by atoms with van der Waals surface area (Å²) >= 11 is 0. The summed E-state index contributed by atoms with van der Waals surface area (Å²) in [5.41, 5.74) is 6.75. The van der Waals surface area contributed by atoms with E-state index in [2.05, 4.69) is 10.3 Å². The number of guanidine groups is 1. The van der Waals surface area contributed by atoms with Crippen molar-refractivity contribution in [3.63, 3.8) is 0 Å². The SMILES string of the molecule is I.NC(=NCc1ccc([N+](=O)[O-])cc1)NCC1CCC1. The van der Waals surface area contributed by atoms with Gasteiger partial charge in [0.1, 0.15) is 0 Å². The quantitative estimate of drug-likeness (QED) is 0.266. The number of nitrogens with one attached hydrogen (secondary N) is 1. The molecule has 1 fully saturated rings. The molecule has 1 aromatic rings. The van der Waals surface area contributed by atoms with Crippen LogP contribution in [-0.2, 0) is 6.54 Å². The maximum Gasteiger partial charge on any atom is 0.269 e. The molecule has 0 aliphatic heterocycles. The van der Waals surface area contributed by atoms with Gasteiger partial charge in [0.05, 0.1) is 11.5 Å². The smallest absolute Gasteiger partial charge is 0.269 e. The van der Waals surface area contributed by atoms with Gasteiger partial charge in [0.15, 0.2) is 5.96 Å². The Morgan fingerprint density at radius 3 is 2.55 bits per heavy atom. The van der Waals surface area contributed by atoms with Crippen molar-refractivity contribution < 1.29 is 4.92 Å². The Labute approximate surface area is 135 Å². The van der Waals surface area contributed by atoms with E-state index in [4.69, 9.17) is 5.73 Å². The molecule has 0 amide bonds. The Hall–Kier alpha value is -1.38. The van der Waals surface area contributed by atoms with Gasteiger partial charge in [-0.2, -0.15) is 0 Å². The van der Waals surface area contributed by atoms with E-state index in [1.165, 1.54) is 31.4 Å². The summed E-state index contributed by atoms with van der Waals surface area (Å²) in [6.45, 7) is 1.32. The van der Waals surface area contributed by atoms with Crippen LogP contribution in [0.25, 0.3) is 0 Å². The zero-order valence-electron chi connectivity index (χ0n) is 11.1. The van der Waals surface area contributed by atoms with Crippen LogP contribution in [0.5, 0.6) is 0 Å². The summed E-state index contributed by atoms with van der Waals surface area (Å²) in [6, 6.07) is 6.34. The van der Waals surface area contributed by atoms with Crippen LogP contribution < -0.4 is 11.1 Å². The molecule has 0 atom stereocenters. The lowest BCUT2D eigenvalue weighted by Crippen LogP contribution is -2.37. The van der Waals surface area contributed by atoms with Crippen LogP contribution >= 0.6 is 24.0 Å². The van der Waals surface area contributed by atoms with Crippen molar-refractivity contribution in [3.8, 4) is 0 Å². The van der Waals surface area contributed by atoms with E-state index in [0.29, 0.717) is 12.5 Å². The van der Waals surface area contributed by atoms with E-state index < -0.39 is 4.92 Å². The lowest BCUT2D eigenvalue weighted by molar-refractivity contribution is -0.384. The minimum Gasteiger partial charge on any atom is -0.370 e. The highest BCUT2D eigenvalue weighted by molar-refractivity contribution is 14.0. The number of hydrogen-bond acceptors (Lipinski definition) is 3. The molecule has 6 nitrogen and oxygen atoms in total. The molecule has 20 heavy (non-hydrogen) atoms. The van der Waals surface area contributed by atoms with Gasteiger partial charge in [-0.1, -0.05) is 18.6 Å². The topological polar surface area (TPSA) is 93.5 Å². The molecule has 0 saturated heterocycles. The molecular formula is C13H19IN4O2. The van der Waals surface area contributed by atoms with E-state index in [1.807, 2.05) is 0 Å². The third-order valence-corrected chi connectivity index (χ3v) is 3.38. The Balaban J connectivity index is 0.00000200. The molecule has 0 heterocycles. The molecule has 1 saturated carbocycles. The van der Waals surface area contributed by atoms with E-state index in [1.54, 1.807) is 12.1 Å². The average molecular weight is 390 g/mol. The first-order valence-corrected chi connectivity index (χ1v) is 6.42. The second-order valence-corrected chi connectivity index (χ2v) is 4.80. The summed E-state index contributed by atoms with van der Waals surface area (Å²) in [6.07, 6.45) is 3.84. The largest absolute Gasteiger partial charge is 0.370 e. The molecular weight excluding hydrogens is 371 g/mol. The first kappa shape index (κ1) is 16.7. The molecule has 2 rings (SSSR count). The zero-order valence-corrected chi connectivity index (χ0v) is 13.4. The molecule has 0 bridgehead atoms. The summed E-state index contributed by atoms with van der Waals surface area (Å²) in [5.74, 6) is 1.17. The second-order valence-electron chi connectivity index (χ2n) is 4.80. The van der Waals surface area contributed by atoms with Crippen molar-refractivity contribution in [1.82, 2.24) is 5.32 Å². The summed E-state index contributed by atoms with van der Waals surface area (Å²) in [5, 5.41) is 13.6. The second kappa shape index (κ2) is 8.03. The zero-order chi connectivity index (χ0) is 13.7. The molecule has 110 valence electrons. The first-order valence-electron chi connectivity index (χ1n) is 6.42. The maximum atomic E-state index is 10.5. The number of nitrogens with zero attached hydrogens (tertiary/aromatic N) is 2. The lowest BCUT2D eigenvalue weighted by Gasteiger charge is -2.25. The number of nitro benzene ring substituents is 1. The fourth-order valence-corrected chi connectivity index (χ4v) is 1.90. The van der Waals surface area contributed by atoms with Gasteiger partial charge < -0.3 is 11.1 Å². The average Bonchev–Trinajstić information content (AvgIpc) is 2.35. The molecule has 0 radical (unpaired) electrons. The van der Waals surface area contributed by atoms with Gasteiger partial charge in [-0.15, -0.1) is 24.0 Å². The number of nitrogens with two attached hydrogens (primary N) is 1. The van der Waals surface area contributed by atoms with Crippen LogP contribution in [0.3, 0.4) is 0 Å². The van der Waals surface area contributed by atoms with Crippen LogP contribution in [-0.4, -0.2) is 17.4 Å².